The summed E-state index contributed by atoms with van der Waals surface area (Å²) in [7, 11) is 0. The van der Waals surface area contributed by atoms with E-state index in [0.717, 1.165) is 32.4 Å². The highest BCUT2D eigenvalue weighted by Gasteiger charge is 2.29. The summed E-state index contributed by atoms with van der Waals surface area (Å²) in [6.45, 7) is 3.94. The molecule has 3 nitrogen and oxygen atoms in total. The van der Waals surface area contributed by atoms with Crippen molar-refractivity contribution in [2.75, 3.05) is 24.6 Å². The predicted molar refractivity (Wildman–Crippen MR) is 77.6 cm³/mol. The lowest BCUT2D eigenvalue weighted by molar-refractivity contribution is -0.134. The minimum Gasteiger partial charge on any atom is -0.342 e. The van der Waals surface area contributed by atoms with Gasteiger partial charge in [-0.05, 0) is 42.6 Å². The molecule has 0 bridgehead atoms. The first kappa shape index (κ1) is 14.2. The van der Waals surface area contributed by atoms with Crippen LogP contribution in [0.25, 0.3) is 0 Å². The fraction of sp³-hybridized carbons (Fsp3) is 0.929. The smallest absolute Gasteiger partial charge is 0.222 e. The largest absolute Gasteiger partial charge is 0.342 e. The second-order valence-corrected chi connectivity index (χ2v) is 6.95. The third-order valence-electron chi connectivity index (χ3n) is 4.47. The lowest BCUT2D eigenvalue weighted by atomic mass is 9.90. The molecule has 2 aliphatic heterocycles. The van der Waals surface area contributed by atoms with Gasteiger partial charge in [0.25, 0.3) is 0 Å². The predicted octanol–water partition coefficient (Wildman–Crippen LogP) is 2.11. The van der Waals surface area contributed by atoms with Crippen LogP contribution in [0.4, 0.5) is 0 Å². The Hall–Kier alpha value is -0.220. The first-order chi connectivity index (χ1) is 8.70. The maximum absolute atomic E-state index is 12.3. The molecule has 2 heterocycles. The van der Waals surface area contributed by atoms with Gasteiger partial charge in [0.1, 0.15) is 0 Å². The van der Waals surface area contributed by atoms with Crippen molar-refractivity contribution in [2.24, 2.45) is 17.6 Å². The molecule has 0 radical (unpaired) electrons. The Bertz CT molecular complexity index is 279. The first-order valence-electron chi connectivity index (χ1n) is 7.31. The quantitative estimate of drug-likeness (QED) is 0.854. The van der Waals surface area contributed by atoms with E-state index in [9.17, 15) is 4.79 Å². The van der Waals surface area contributed by atoms with Crippen molar-refractivity contribution in [3.8, 4) is 0 Å². The van der Waals surface area contributed by atoms with Crippen molar-refractivity contribution in [3.05, 3.63) is 0 Å². The SMILES string of the molecule is CCC1CN(C(=O)CC2CCSCC2)CCC1N. The molecule has 1 amide bonds. The molecule has 0 aromatic heterocycles. The van der Waals surface area contributed by atoms with Crippen LogP contribution >= 0.6 is 11.8 Å². The van der Waals surface area contributed by atoms with Crippen LogP contribution in [-0.2, 0) is 4.79 Å². The average molecular weight is 270 g/mol. The van der Waals surface area contributed by atoms with Gasteiger partial charge in [0.2, 0.25) is 5.91 Å². The molecule has 2 atom stereocenters. The Morgan fingerprint density at radius 1 is 1.33 bits per heavy atom. The van der Waals surface area contributed by atoms with E-state index in [4.69, 9.17) is 5.73 Å². The standard InChI is InChI=1S/C14H26N2OS/c1-2-12-10-16(6-3-13(12)15)14(17)9-11-4-7-18-8-5-11/h11-13H,2-10,15H2,1H3. The summed E-state index contributed by atoms with van der Waals surface area (Å²) in [5, 5.41) is 0. The van der Waals surface area contributed by atoms with Gasteiger partial charge in [-0.1, -0.05) is 13.3 Å². The summed E-state index contributed by atoms with van der Waals surface area (Å²) >= 11 is 2.02. The molecule has 0 saturated carbocycles. The fourth-order valence-electron chi connectivity index (χ4n) is 3.04. The Labute approximate surface area is 115 Å². The molecular weight excluding hydrogens is 244 g/mol. The molecule has 104 valence electrons. The zero-order valence-electron chi connectivity index (χ0n) is 11.4. The zero-order valence-corrected chi connectivity index (χ0v) is 12.3. The van der Waals surface area contributed by atoms with Crippen molar-refractivity contribution >= 4 is 17.7 Å². The molecular formula is C14H26N2OS. The molecule has 0 aliphatic carbocycles. The van der Waals surface area contributed by atoms with Crippen LogP contribution in [0.2, 0.25) is 0 Å². The van der Waals surface area contributed by atoms with E-state index in [2.05, 4.69) is 11.8 Å². The van der Waals surface area contributed by atoms with Gasteiger partial charge in [-0.15, -0.1) is 0 Å². The fourth-order valence-corrected chi connectivity index (χ4v) is 4.24. The van der Waals surface area contributed by atoms with E-state index in [1.54, 1.807) is 0 Å². The Morgan fingerprint density at radius 2 is 2.06 bits per heavy atom. The van der Waals surface area contributed by atoms with Crippen LogP contribution in [0, 0.1) is 11.8 Å². The van der Waals surface area contributed by atoms with Crippen LogP contribution < -0.4 is 5.73 Å². The molecule has 0 aromatic carbocycles. The topological polar surface area (TPSA) is 46.3 Å². The Kier molecular flexibility index (Phi) is 5.37. The number of thioether (sulfide) groups is 1. The van der Waals surface area contributed by atoms with Crippen molar-refractivity contribution in [3.63, 3.8) is 0 Å². The van der Waals surface area contributed by atoms with Crippen LogP contribution in [-0.4, -0.2) is 41.4 Å². The average Bonchev–Trinajstić information content (AvgIpc) is 2.40. The zero-order chi connectivity index (χ0) is 13.0. The molecule has 2 unspecified atom stereocenters. The number of carbonyl (C=O) groups is 1. The highest BCUT2D eigenvalue weighted by molar-refractivity contribution is 7.99. The number of piperidine rings is 1. The van der Waals surface area contributed by atoms with Crippen LogP contribution in [0.3, 0.4) is 0 Å². The van der Waals surface area contributed by atoms with Gasteiger partial charge < -0.3 is 10.6 Å². The number of nitrogens with two attached hydrogens (primary N) is 1. The number of likely N-dealkylation sites (tertiary alicyclic amines) is 1. The van der Waals surface area contributed by atoms with Gasteiger partial charge >= 0.3 is 0 Å². The van der Waals surface area contributed by atoms with E-state index >= 15 is 0 Å². The van der Waals surface area contributed by atoms with E-state index in [1.807, 2.05) is 11.8 Å². The maximum Gasteiger partial charge on any atom is 0.222 e. The van der Waals surface area contributed by atoms with Crippen molar-refractivity contribution in [2.45, 2.75) is 45.1 Å². The molecule has 18 heavy (non-hydrogen) atoms. The van der Waals surface area contributed by atoms with E-state index in [-0.39, 0.29) is 0 Å². The molecule has 0 spiro atoms. The van der Waals surface area contributed by atoms with Gasteiger partial charge in [-0.25, -0.2) is 0 Å². The van der Waals surface area contributed by atoms with Gasteiger partial charge in [0.05, 0.1) is 0 Å². The van der Waals surface area contributed by atoms with Crippen molar-refractivity contribution in [1.82, 2.24) is 4.90 Å². The summed E-state index contributed by atoms with van der Waals surface area (Å²) in [6.07, 6.45) is 5.28. The normalized spacial score (nSPS) is 30.4. The monoisotopic (exact) mass is 270 g/mol. The third kappa shape index (κ3) is 3.64. The maximum atomic E-state index is 12.3. The number of nitrogens with zero attached hydrogens (tertiary/aromatic N) is 1. The Morgan fingerprint density at radius 3 is 2.72 bits per heavy atom. The van der Waals surface area contributed by atoms with Gasteiger partial charge in [-0.3, -0.25) is 4.79 Å². The van der Waals surface area contributed by atoms with Gasteiger partial charge in [0, 0.05) is 25.6 Å². The van der Waals surface area contributed by atoms with Gasteiger partial charge in [0.15, 0.2) is 0 Å². The summed E-state index contributed by atoms with van der Waals surface area (Å²) in [4.78, 5) is 14.4. The number of rotatable bonds is 3. The van der Waals surface area contributed by atoms with Crippen LogP contribution in [0.5, 0.6) is 0 Å². The van der Waals surface area contributed by atoms with E-state index in [1.165, 1.54) is 24.3 Å². The molecule has 4 heteroatoms. The number of carbonyl (C=O) groups excluding carboxylic acids is 1. The first-order valence-corrected chi connectivity index (χ1v) is 8.47. The number of amides is 1. The number of hydrogen-bond donors (Lipinski definition) is 1. The van der Waals surface area contributed by atoms with E-state index < -0.39 is 0 Å². The second-order valence-electron chi connectivity index (χ2n) is 5.72. The highest BCUT2D eigenvalue weighted by atomic mass is 32.2. The molecule has 2 saturated heterocycles. The van der Waals surface area contributed by atoms with Crippen molar-refractivity contribution in [1.29, 1.82) is 0 Å². The van der Waals surface area contributed by atoms with Gasteiger partial charge in [-0.2, -0.15) is 11.8 Å². The molecule has 2 aliphatic rings. The number of hydrogen-bond acceptors (Lipinski definition) is 3. The van der Waals surface area contributed by atoms with Crippen LogP contribution in [0.15, 0.2) is 0 Å². The molecule has 2 N–H and O–H groups in total. The highest BCUT2D eigenvalue weighted by Crippen LogP contribution is 2.27. The lowest BCUT2D eigenvalue weighted by Gasteiger charge is -2.37. The second kappa shape index (κ2) is 6.80. The van der Waals surface area contributed by atoms with Crippen LogP contribution in [0.1, 0.15) is 39.0 Å². The summed E-state index contributed by atoms with van der Waals surface area (Å²) in [6, 6.07) is 0.296. The summed E-state index contributed by atoms with van der Waals surface area (Å²) in [5.74, 6) is 3.98. The minimum absolute atomic E-state index is 0.296. The molecule has 2 rings (SSSR count). The van der Waals surface area contributed by atoms with Crippen molar-refractivity contribution < 1.29 is 4.79 Å². The lowest BCUT2D eigenvalue weighted by Crippen LogP contribution is -2.49. The van der Waals surface area contributed by atoms with E-state index in [0.29, 0.717) is 23.8 Å². The molecule has 0 aromatic rings. The molecule has 2 fully saturated rings. The minimum atomic E-state index is 0.296. The Balaban J connectivity index is 1.81. The third-order valence-corrected chi connectivity index (χ3v) is 5.52. The summed E-state index contributed by atoms with van der Waals surface area (Å²) < 4.78 is 0. The summed E-state index contributed by atoms with van der Waals surface area (Å²) in [5.41, 5.74) is 6.10.